The number of aromatic nitrogens is 2. The summed E-state index contributed by atoms with van der Waals surface area (Å²) in [6.07, 6.45) is 0. The summed E-state index contributed by atoms with van der Waals surface area (Å²) in [5.41, 5.74) is 1.50. The van der Waals surface area contributed by atoms with Crippen LogP contribution >= 0.6 is 0 Å². The molecule has 0 bridgehead atoms. The van der Waals surface area contributed by atoms with Crippen LogP contribution in [-0.4, -0.2) is 30.2 Å². The van der Waals surface area contributed by atoms with E-state index in [2.05, 4.69) is 43.0 Å². The second-order valence-corrected chi connectivity index (χ2v) is 5.70. The maximum atomic E-state index is 6.01. The molecule has 1 aliphatic heterocycles. The number of hydrogen-bond donors (Lipinski definition) is 2. The van der Waals surface area contributed by atoms with Crippen molar-refractivity contribution in [1.29, 1.82) is 0 Å². The second kappa shape index (κ2) is 4.64. The molecule has 0 spiro atoms. The van der Waals surface area contributed by atoms with Crippen molar-refractivity contribution in [3.63, 3.8) is 0 Å². The van der Waals surface area contributed by atoms with Crippen LogP contribution in [-0.2, 0) is 27.2 Å². The number of aromatic amines is 1. The molecule has 5 nitrogen and oxygen atoms in total. The van der Waals surface area contributed by atoms with Crippen molar-refractivity contribution in [2.75, 3.05) is 20.3 Å². The Bertz CT molecular complexity index is 392. The molecule has 18 heavy (non-hydrogen) atoms. The van der Waals surface area contributed by atoms with Crippen LogP contribution in [0.2, 0.25) is 0 Å². The molecule has 0 atom stereocenters. The normalized spacial score (nSPS) is 20.1. The van der Waals surface area contributed by atoms with E-state index in [9.17, 15) is 0 Å². The molecule has 1 aromatic rings. The Morgan fingerprint density at radius 1 is 1.28 bits per heavy atom. The standard InChI is InChI=1S/C13H23N3O2/c1-12(2)10-11(13(3,4)18-12)16-9(15-10)8-14-6-7-17-5/h14H,6-8H2,1-5H3,(H,15,16). The van der Waals surface area contributed by atoms with Crippen LogP contribution in [0, 0.1) is 0 Å². The molecule has 102 valence electrons. The average Bonchev–Trinajstić information content (AvgIpc) is 2.74. The number of rotatable bonds is 5. The summed E-state index contributed by atoms with van der Waals surface area (Å²) >= 11 is 0. The minimum absolute atomic E-state index is 0.295. The van der Waals surface area contributed by atoms with E-state index in [1.807, 2.05) is 0 Å². The molecule has 2 rings (SSSR count). The molecule has 0 aromatic carbocycles. The zero-order valence-corrected chi connectivity index (χ0v) is 11.9. The number of hydrogen-bond acceptors (Lipinski definition) is 4. The summed E-state index contributed by atoms with van der Waals surface area (Å²) < 4.78 is 11.0. The summed E-state index contributed by atoms with van der Waals surface area (Å²) in [5.74, 6) is 0.959. The fraction of sp³-hybridized carbons (Fsp3) is 0.769. The first-order valence-electron chi connectivity index (χ1n) is 6.36. The maximum Gasteiger partial charge on any atom is 0.120 e. The van der Waals surface area contributed by atoms with Gasteiger partial charge in [-0.25, -0.2) is 4.98 Å². The molecule has 0 saturated carbocycles. The number of imidazole rings is 1. The Labute approximate surface area is 108 Å². The van der Waals surface area contributed by atoms with E-state index in [1.54, 1.807) is 7.11 Å². The lowest BCUT2D eigenvalue weighted by molar-refractivity contribution is -0.108. The molecule has 0 saturated heterocycles. The molecule has 0 radical (unpaired) electrons. The summed E-state index contributed by atoms with van der Waals surface area (Å²) in [5, 5.41) is 3.29. The lowest BCUT2D eigenvalue weighted by Gasteiger charge is -2.24. The van der Waals surface area contributed by atoms with Crippen LogP contribution in [0.5, 0.6) is 0 Å². The van der Waals surface area contributed by atoms with Gasteiger partial charge < -0.3 is 19.8 Å². The van der Waals surface area contributed by atoms with Gasteiger partial charge in [-0.15, -0.1) is 0 Å². The van der Waals surface area contributed by atoms with E-state index in [4.69, 9.17) is 9.47 Å². The molecule has 1 aromatic heterocycles. The molecule has 1 aliphatic rings. The van der Waals surface area contributed by atoms with Crippen LogP contribution in [0.15, 0.2) is 0 Å². The molecule has 0 amide bonds. The van der Waals surface area contributed by atoms with Gasteiger partial charge in [0, 0.05) is 13.7 Å². The van der Waals surface area contributed by atoms with Gasteiger partial charge in [0.1, 0.15) is 17.0 Å². The monoisotopic (exact) mass is 253 g/mol. The van der Waals surface area contributed by atoms with Crippen LogP contribution in [0.3, 0.4) is 0 Å². The van der Waals surface area contributed by atoms with Gasteiger partial charge >= 0.3 is 0 Å². The van der Waals surface area contributed by atoms with Gasteiger partial charge in [-0.05, 0) is 27.7 Å². The van der Waals surface area contributed by atoms with Gasteiger partial charge in [0.2, 0.25) is 0 Å². The number of ether oxygens (including phenoxy) is 2. The summed E-state index contributed by atoms with van der Waals surface area (Å²) in [6.45, 7) is 10.5. The smallest absolute Gasteiger partial charge is 0.120 e. The first-order chi connectivity index (χ1) is 8.37. The third kappa shape index (κ3) is 2.43. The van der Waals surface area contributed by atoms with Crippen LogP contribution in [0.4, 0.5) is 0 Å². The van der Waals surface area contributed by atoms with Crippen molar-refractivity contribution in [1.82, 2.24) is 15.3 Å². The molecule has 2 N–H and O–H groups in total. The van der Waals surface area contributed by atoms with Crippen molar-refractivity contribution >= 4 is 0 Å². The van der Waals surface area contributed by atoms with Crippen LogP contribution in [0.1, 0.15) is 44.9 Å². The Morgan fingerprint density at radius 2 is 2.00 bits per heavy atom. The van der Waals surface area contributed by atoms with Crippen LogP contribution < -0.4 is 5.32 Å². The van der Waals surface area contributed by atoms with Crippen molar-refractivity contribution in [2.24, 2.45) is 0 Å². The van der Waals surface area contributed by atoms with Gasteiger partial charge in [0.05, 0.1) is 24.5 Å². The highest BCUT2D eigenvalue weighted by Crippen LogP contribution is 2.44. The van der Waals surface area contributed by atoms with Gasteiger partial charge in [-0.1, -0.05) is 0 Å². The highest BCUT2D eigenvalue weighted by atomic mass is 16.5. The van der Waals surface area contributed by atoms with Gasteiger partial charge in [-0.3, -0.25) is 0 Å². The SMILES string of the molecule is COCCNCc1nc2c([nH]1)C(C)(C)OC2(C)C. The molecule has 5 heteroatoms. The van der Waals surface area contributed by atoms with Crippen molar-refractivity contribution < 1.29 is 9.47 Å². The van der Waals surface area contributed by atoms with E-state index in [-0.39, 0.29) is 11.2 Å². The van der Waals surface area contributed by atoms with Crippen LogP contribution in [0.25, 0.3) is 0 Å². The number of nitrogens with zero attached hydrogens (tertiary/aromatic N) is 1. The lowest BCUT2D eigenvalue weighted by Crippen LogP contribution is -2.25. The third-order valence-electron chi connectivity index (χ3n) is 3.21. The van der Waals surface area contributed by atoms with Crippen molar-refractivity contribution in [3.05, 3.63) is 17.2 Å². The molecular formula is C13H23N3O2. The topological polar surface area (TPSA) is 59.2 Å². The molecule has 0 unspecified atom stereocenters. The largest absolute Gasteiger partial charge is 0.383 e. The number of fused-ring (bicyclic) bond motifs is 1. The van der Waals surface area contributed by atoms with E-state index in [1.165, 1.54) is 0 Å². The predicted molar refractivity (Wildman–Crippen MR) is 69.3 cm³/mol. The van der Waals surface area contributed by atoms with Gasteiger partial charge in [0.15, 0.2) is 0 Å². The highest BCUT2D eigenvalue weighted by molar-refractivity contribution is 5.30. The average molecular weight is 253 g/mol. The highest BCUT2D eigenvalue weighted by Gasteiger charge is 2.46. The second-order valence-electron chi connectivity index (χ2n) is 5.70. The zero-order valence-electron chi connectivity index (χ0n) is 11.9. The van der Waals surface area contributed by atoms with Gasteiger partial charge in [-0.2, -0.15) is 0 Å². The van der Waals surface area contributed by atoms with Gasteiger partial charge in [0.25, 0.3) is 0 Å². The summed E-state index contributed by atoms with van der Waals surface area (Å²) in [4.78, 5) is 8.03. The third-order valence-corrected chi connectivity index (χ3v) is 3.21. The Morgan fingerprint density at radius 3 is 2.61 bits per heavy atom. The molecular weight excluding hydrogens is 230 g/mol. The van der Waals surface area contributed by atoms with E-state index >= 15 is 0 Å². The first kappa shape index (κ1) is 13.5. The Hall–Kier alpha value is -0.910. The Kier molecular flexibility index (Phi) is 3.49. The quantitative estimate of drug-likeness (QED) is 0.783. The molecule has 2 heterocycles. The van der Waals surface area contributed by atoms with E-state index in [0.717, 1.165) is 30.3 Å². The maximum absolute atomic E-state index is 6.01. The number of H-pyrrole nitrogens is 1. The Balaban J connectivity index is 2.09. The summed E-state index contributed by atoms with van der Waals surface area (Å²) in [7, 11) is 1.70. The number of methoxy groups -OCH3 is 1. The molecule has 0 aliphatic carbocycles. The zero-order chi connectivity index (χ0) is 13.4. The fourth-order valence-electron chi connectivity index (χ4n) is 2.50. The minimum Gasteiger partial charge on any atom is -0.383 e. The number of nitrogens with one attached hydrogen (secondary N) is 2. The fourth-order valence-corrected chi connectivity index (χ4v) is 2.50. The minimum atomic E-state index is -0.319. The first-order valence-corrected chi connectivity index (χ1v) is 6.36. The van der Waals surface area contributed by atoms with Crippen molar-refractivity contribution in [3.8, 4) is 0 Å². The molecule has 0 fully saturated rings. The van der Waals surface area contributed by atoms with E-state index in [0.29, 0.717) is 6.61 Å². The lowest BCUT2D eigenvalue weighted by atomic mass is 10.0. The predicted octanol–water partition coefficient (Wildman–Crippen LogP) is 1.65. The van der Waals surface area contributed by atoms with E-state index < -0.39 is 0 Å². The summed E-state index contributed by atoms with van der Waals surface area (Å²) in [6, 6.07) is 0. The van der Waals surface area contributed by atoms with Crippen molar-refractivity contribution in [2.45, 2.75) is 45.4 Å².